The summed E-state index contributed by atoms with van der Waals surface area (Å²) in [6.45, 7) is 22.1. The maximum absolute atomic E-state index is 12.6. The summed E-state index contributed by atoms with van der Waals surface area (Å²) in [6.07, 6.45) is 1.76. The van der Waals surface area contributed by atoms with Crippen molar-refractivity contribution in [2.75, 3.05) is 19.8 Å². The minimum absolute atomic E-state index is 0.00880. The van der Waals surface area contributed by atoms with Gasteiger partial charge >= 0.3 is 23.9 Å². The largest absolute Gasteiger partial charge is 0.477 e. The Kier molecular flexibility index (Phi) is 26.6. The number of carboxylic acid groups (broad SMARTS) is 1. The number of benzene rings is 4. The van der Waals surface area contributed by atoms with Crippen LogP contribution in [0.5, 0.6) is 0 Å². The maximum Gasteiger partial charge on any atom is 0.354 e. The molecule has 81 heavy (non-hydrogen) atoms. The molecule has 4 atom stereocenters. The number of aryl methyl sites for hydroxylation is 4. The van der Waals surface area contributed by atoms with E-state index in [9.17, 15) is 28.8 Å². The van der Waals surface area contributed by atoms with Gasteiger partial charge in [-0.05, 0) is 148 Å². The van der Waals surface area contributed by atoms with E-state index in [1.165, 1.54) is 16.7 Å². The third kappa shape index (κ3) is 20.6. The molecule has 4 heterocycles. The van der Waals surface area contributed by atoms with Crippen LogP contribution in [-0.2, 0) is 31.8 Å². The number of ether oxygens (including phenoxy) is 3. The third-order valence-electron chi connectivity index (χ3n) is 13.2. The smallest absolute Gasteiger partial charge is 0.354 e. The molecule has 0 aliphatic rings. The average molecular weight is 1120 g/mol. The lowest BCUT2D eigenvalue weighted by Crippen LogP contribution is -2.10. The van der Waals surface area contributed by atoms with Crippen molar-refractivity contribution < 1.29 is 48.1 Å². The van der Waals surface area contributed by atoms with E-state index in [-0.39, 0.29) is 40.5 Å². The van der Waals surface area contributed by atoms with Crippen molar-refractivity contribution in [3.63, 3.8) is 0 Å². The van der Waals surface area contributed by atoms with E-state index in [0.717, 1.165) is 46.6 Å². The second kappa shape index (κ2) is 33.2. The highest BCUT2D eigenvalue weighted by Gasteiger charge is 2.23. The van der Waals surface area contributed by atoms with Crippen LogP contribution in [-0.4, -0.2) is 79.8 Å². The second-order valence-corrected chi connectivity index (χ2v) is 19.7. The number of carbonyl (C=O) groups is 6. The summed E-state index contributed by atoms with van der Waals surface area (Å²) in [6, 6.07) is 48.5. The lowest BCUT2D eigenvalue weighted by molar-refractivity contribution is -0.112. The SMILES string of the molecule is CC(C(=O)Cl)c1ccccc1.CCOC(=O)c1cc(C(=O)C(C)c2ccccc2)c(C)[nH]1.CCOC(=O)c1cc(CC(C)c2ccccc2)c(C)[nH]1.CCOC(=O)c1ccc(C)[nH]1.Cc1[nH]c(C(=O)O)cc1CC(C)c1ccccc1. The van der Waals surface area contributed by atoms with Gasteiger partial charge in [-0.15, -0.1) is 0 Å². The van der Waals surface area contributed by atoms with Crippen LogP contribution in [0.15, 0.2) is 152 Å². The number of carboxylic acids is 1. The molecule has 0 saturated carbocycles. The fourth-order valence-corrected chi connectivity index (χ4v) is 8.61. The van der Waals surface area contributed by atoms with E-state index in [4.69, 9.17) is 30.9 Å². The molecule has 8 rings (SSSR count). The molecule has 15 heteroatoms. The number of H-pyrrole nitrogens is 4. The molecule has 428 valence electrons. The number of carbonyl (C=O) groups excluding carboxylic acids is 5. The predicted molar refractivity (Wildman–Crippen MR) is 319 cm³/mol. The van der Waals surface area contributed by atoms with Crippen molar-refractivity contribution in [3.8, 4) is 0 Å². The first-order valence-electron chi connectivity index (χ1n) is 27.1. The number of esters is 3. The predicted octanol–water partition coefficient (Wildman–Crippen LogP) is 14.8. The average Bonchev–Trinajstić information content (AvgIpc) is 4.32. The Bertz CT molecular complexity index is 3230. The molecule has 0 saturated heterocycles. The molecule has 0 amide bonds. The zero-order valence-electron chi connectivity index (χ0n) is 48.3. The van der Waals surface area contributed by atoms with E-state index in [0.29, 0.717) is 60.0 Å². The van der Waals surface area contributed by atoms with Gasteiger partial charge < -0.3 is 39.3 Å². The van der Waals surface area contributed by atoms with E-state index < -0.39 is 11.9 Å². The van der Waals surface area contributed by atoms with Gasteiger partial charge in [0.2, 0.25) is 5.24 Å². The second-order valence-electron chi connectivity index (χ2n) is 19.4. The number of ketones is 1. The molecule has 4 aromatic carbocycles. The first kappa shape index (κ1) is 65.0. The minimum Gasteiger partial charge on any atom is -0.477 e. The summed E-state index contributed by atoms with van der Waals surface area (Å²) in [7, 11) is 0. The van der Waals surface area contributed by atoms with Crippen LogP contribution in [0.25, 0.3) is 0 Å². The lowest BCUT2D eigenvalue weighted by Gasteiger charge is -2.11. The van der Waals surface area contributed by atoms with E-state index in [2.05, 4.69) is 70.2 Å². The summed E-state index contributed by atoms with van der Waals surface area (Å²) in [5, 5.41) is 8.63. The molecule has 0 bridgehead atoms. The van der Waals surface area contributed by atoms with Gasteiger partial charge in [-0.3, -0.25) is 9.59 Å². The highest BCUT2D eigenvalue weighted by Crippen LogP contribution is 2.26. The van der Waals surface area contributed by atoms with Crippen LogP contribution < -0.4 is 0 Å². The molecule has 0 aliphatic heterocycles. The molecule has 0 aliphatic carbocycles. The quantitative estimate of drug-likeness (QED) is 0.0237. The number of nitrogens with one attached hydrogen (secondary N) is 4. The van der Waals surface area contributed by atoms with Gasteiger partial charge in [-0.2, -0.15) is 0 Å². The summed E-state index contributed by atoms with van der Waals surface area (Å²) >= 11 is 5.32. The van der Waals surface area contributed by atoms with Crippen molar-refractivity contribution >= 4 is 46.5 Å². The van der Waals surface area contributed by atoms with E-state index in [1.54, 1.807) is 45.9 Å². The number of Topliss-reactive ketones (excluding diaryl/α,β-unsaturated/α-hetero) is 1. The molecule has 14 nitrogen and oxygen atoms in total. The summed E-state index contributed by atoms with van der Waals surface area (Å²) < 4.78 is 14.7. The van der Waals surface area contributed by atoms with Crippen LogP contribution in [0.3, 0.4) is 0 Å². The summed E-state index contributed by atoms with van der Waals surface area (Å²) in [5.41, 5.74) is 12.6. The monoisotopic (exact) mass is 1120 g/mol. The highest BCUT2D eigenvalue weighted by molar-refractivity contribution is 6.64. The van der Waals surface area contributed by atoms with Gasteiger partial charge in [0, 0.05) is 34.3 Å². The van der Waals surface area contributed by atoms with Gasteiger partial charge in [0.25, 0.3) is 0 Å². The first-order valence-corrected chi connectivity index (χ1v) is 27.5. The Hall–Kier alpha value is -8.49. The van der Waals surface area contributed by atoms with Crippen molar-refractivity contribution in [1.82, 2.24) is 19.9 Å². The third-order valence-corrected chi connectivity index (χ3v) is 13.5. The van der Waals surface area contributed by atoms with Crippen LogP contribution >= 0.6 is 11.6 Å². The van der Waals surface area contributed by atoms with E-state index in [1.807, 2.05) is 132 Å². The summed E-state index contributed by atoms with van der Waals surface area (Å²) in [5.74, 6) is -1.58. The van der Waals surface area contributed by atoms with Crippen molar-refractivity contribution in [1.29, 1.82) is 0 Å². The Labute approximate surface area is 481 Å². The van der Waals surface area contributed by atoms with Crippen LogP contribution in [0.1, 0.15) is 181 Å². The topological polar surface area (TPSA) is 213 Å². The molecule has 4 unspecified atom stereocenters. The number of aromatic nitrogens is 4. The van der Waals surface area contributed by atoms with Gasteiger partial charge in [-0.25, -0.2) is 19.2 Å². The summed E-state index contributed by atoms with van der Waals surface area (Å²) in [4.78, 5) is 80.4. The van der Waals surface area contributed by atoms with E-state index >= 15 is 0 Å². The molecular weight excluding hydrogens is 1040 g/mol. The molecule has 5 N–H and O–H groups in total. The van der Waals surface area contributed by atoms with Crippen LogP contribution in [0, 0.1) is 27.7 Å². The fourth-order valence-electron chi connectivity index (χ4n) is 8.48. The number of aromatic carboxylic acids is 1. The normalized spacial score (nSPS) is 11.9. The fraction of sp³-hybridized carbons (Fsp3) is 0.303. The Morgan fingerprint density at radius 3 is 1.17 bits per heavy atom. The van der Waals surface area contributed by atoms with Gasteiger partial charge in [-0.1, -0.05) is 149 Å². The Morgan fingerprint density at radius 2 is 0.802 bits per heavy atom. The molecule has 0 fully saturated rings. The molecule has 0 spiro atoms. The maximum atomic E-state index is 12.6. The lowest BCUT2D eigenvalue weighted by atomic mass is 9.92. The number of hydrogen-bond acceptors (Lipinski definition) is 9. The zero-order chi connectivity index (χ0) is 59.6. The number of hydrogen-bond donors (Lipinski definition) is 5. The molecular formula is C66H77ClN4O10. The highest BCUT2D eigenvalue weighted by atomic mass is 35.5. The molecule has 8 aromatic rings. The van der Waals surface area contributed by atoms with Gasteiger partial charge in [0.1, 0.15) is 22.8 Å². The number of rotatable bonds is 18. The molecule has 0 radical (unpaired) electrons. The van der Waals surface area contributed by atoms with Crippen molar-refractivity contribution in [2.45, 2.75) is 113 Å². The molecule has 4 aromatic heterocycles. The number of halogens is 1. The first-order chi connectivity index (χ1) is 38.7. The Balaban J connectivity index is 0.000000223. The van der Waals surface area contributed by atoms with Crippen LogP contribution in [0.4, 0.5) is 0 Å². The zero-order valence-corrected chi connectivity index (χ0v) is 49.0. The van der Waals surface area contributed by atoms with Crippen molar-refractivity contribution in [3.05, 3.63) is 236 Å². The standard InChI is InChI=1S/C17H19NO3.C17H21NO2.C15H17NO2.C9H9ClO.C8H11NO2/c1-4-21-17(20)15-10-14(12(3)18-15)16(19)11(2)13-8-6-5-7-9-13;1-4-20-17(19)16-11-15(13(3)18-16)10-12(2)14-8-6-5-7-9-14;1-10(12-6-4-3-5-7-12)8-13-9-14(15(17)18)16-11(13)2;1-7(9(10)11)8-5-3-2-4-6-8;1-3-11-8(10)7-5-4-6(2)9-7/h5-11,18H,4H2,1-3H3;5-9,11-12,18H,4,10H2,1-3H3;3-7,9-10,16H,8H2,1-2H3,(H,17,18);2-7H,1H3;4-5,9H,3H2,1-2H3. The Morgan fingerprint density at radius 1 is 0.444 bits per heavy atom. The van der Waals surface area contributed by atoms with Crippen LogP contribution in [0.2, 0.25) is 0 Å². The van der Waals surface area contributed by atoms with Gasteiger partial charge in [0.15, 0.2) is 5.78 Å². The van der Waals surface area contributed by atoms with Crippen molar-refractivity contribution in [2.24, 2.45) is 0 Å². The van der Waals surface area contributed by atoms with Gasteiger partial charge in [0.05, 0.1) is 25.7 Å². The number of aromatic amines is 4. The minimum atomic E-state index is -0.906.